The van der Waals surface area contributed by atoms with Crippen LogP contribution in [0.4, 0.5) is 0 Å². The van der Waals surface area contributed by atoms with Crippen molar-refractivity contribution in [3.05, 3.63) is 24.3 Å². The van der Waals surface area contributed by atoms with Gasteiger partial charge in [0.1, 0.15) is 5.82 Å². The summed E-state index contributed by atoms with van der Waals surface area (Å²) >= 11 is 0. The van der Waals surface area contributed by atoms with Gasteiger partial charge in [0.25, 0.3) is 0 Å². The van der Waals surface area contributed by atoms with Crippen molar-refractivity contribution >= 4 is 11.0 Å². The van der Waals surface area contributed by atoms with Crippen LogP contribution < -0.4 is 0 Å². The van der Waals surface area contributed by atoms with Gasteiger partial charge in [0.05, 0.1) is 17.2 Å². The first-order valence-electron chi connectivity index (χ1n) is 4.64. The Morgan fingerprint density at radius 2 is 2.38 bits per heavy atom. The van der Waals surface area contributed by atoms with Crippen LogP contribution in [0.3, 0.4) is 0 Å². The first-order chi connectivity index (χ1) is 6.34. The first-order valence-corrected chi connectivity index (χ1v) is 4.64. The van der Waals surface area contributed by atoms with Crippen LogP contribution in [-0.2, 0) is 0 Å². The number of aromatic nitrogens is 3. The van der Waals surface area contributed by atoms with E-state index in [1.54, 1.807) is 6.20 Å². The van der Waals surface area contributed by atoms with Crippen LogP contribution in [0.5, 0.6) is 0 Å². The van der Waals surface area contributed by atoms with E-state index in [0.717, 1.165) is 22.8 Å². The van der Waals surface area contributed by atoms with Gasteiger partial charge in [-0.05, 0) is 18.4 Å². The second-order valence-electron chi connectivity index (χ2n) is 3.83. The van der Waals surface area contributed by atoms with Gasteiger partial charge in [0.15, 0.2) is 0 Å². The summed E-state index contributed by atoms with van der Waals surface area (Å²) in [6.45, 7) is 2.26. The summed E-state index contributed by atoms with van der Waals surface area (Å²) in [6.07, 6.45) is 4.88. The highest BCUT2D eigenvalue weighted by Crippen LogP contribution is 2.45. The van der Waals surface area contributed by atoms with Gasteiger partial charge in [-0.15, -0.1) is 0 Å². The summed E-state index contributed by atoms with van der Waals surface area (Å²) in [6, 6.07) is 1.95. The van der Waals surface area contributed by atoms with Crippen molar-refractivity contribution in [3.8, 4) is 0 Å². The average molecular weight is 173 g/mol. The molecule has 0 aliphatic heterocycles. The third-order valence-electron chi connectivity index (χ3n) is 2.76. The molecular formula is C10H11N3. The minimum Gasteiger partial charge on any atom is -0.340 e. The molecule has 3 heteroatoms. The predicted octanol–water partition coefficient (Wildman–Crippen LogP) is 2.08. The summed E-state index contributed by atoms with van der Waals surface area (Å²) in [7, 11) is 0. The van der Waals surface area contributed by atoms with E-state index in [2.05, 4.69) is 21.9 Å². The van der Waals surface area contributed by atoms with Gasteiger partial charge >= 0.3 is 0 Å². The number of hydrogen-bond donors (Lipinski definition) is 1. The molecule has 0 radical (unpaired) electrons. The number of aromatic amines is 1. The molecule has 3 rings (SSSR count). The third kappa shape index (κ3) is 1.03. The van der Waals surface area contributed by atoms with Crippen molar-refractivity contribution in [2.75, 3.05) is 0 Å². The number of nitrogens with one attached hydrogen (secondary N) is 1. The number of H-pyrrole nitrogens is 1. The van der Waals surface area contributed by atoms with E-state index in [9.17, 15) is 0 Å². The Kier molecular flexibility index (Phi) is 1.26. The number of hydrogen-bond acceptors (Lipinski definition) is 2. The molecular weight excluding hydrogens is 162 g/mol. The molecule has 2 heterocycles. The van der Waals surface area contributed by atoms with Crippen LogP contribution in [0, 0.1) is 5.92 Å². The smallest absolute Gasteiger partial charge is 0.110 e. The molecule has 2 aromatic rings. The number of rotatable bonds is 1. The van der Waals surface area contributed by atoms with Gasteiger partial charge in [-0.25, -0.2) is 4.98 Å². The van der Waals surface area contributed by atoms with Crippen LogP contribution in [-0.4, -0.2) is 15.0 Å². The lowest BCUT2D eigenvalue weighted by atomic mass is 10.3. The Morgan fingerprint density at radius 3 is 3.08 bits per heavy atom. The maximum Gasteiger partial charge on any atom is 0.110 e. The molecule has 0 bridgehead atoms. The largest absolute Gasteiger partial charge is 0.340 e. The Hall–Kier alpha value is -1.38. The summed E-state index contributed by atoms with van der Waals surface area (Å²) < 4.78 is 0. The first kappa shape index (κ1) is 7.06. The molecule has 1 saturated carbocycles. The highest BCUT2D eigenvalue weighted by atomic mass is 14.9. The zero-order valence-corrected chi connectivity index (χ0v) is 7.49. The predicted molar refractivity (Wildman–Crippen MR) is 50.4 cm³/mol. The summed E-state index contributed by atoms with van der Waals surface area (Å²) in [5.41, 5.74) is 2.08. The minimum atomic E-state index is 0.660. The van der Waals surface area contributed by atoms with Crippen molar-refractivity contribution in [3.63, 3.8) is 0 Å². The molecule has 66 valence electrons. The van der Waals surface area contributed by atoms with E-state index in [1.165, 1.54) is 6.42 Å². The zero-order chi connectivity index (χ0) is 8.84. The molecule has 0 aromatic carbocycles. The Balaban J connectivity index is 2.12. The quantitative estimate of drug-likeness (QED) is 0.717. The summed E-state index contributed by atoms with van der Waals surface area (Å²) in [5, 5.41) is 0. The van der Waals surface area contributed by atoms with E-state index in [-0.39, 0.29) is 0 Å². The monoisotopic (exact) mass is 173 g/mol. The van der Waals surface area contributed by atoms with Crippen molar-refractivity contribution in [2.24, 2.45) is 5.92 Å². The van der Waals surface area contributed by atoms with Crippen LogP contribution in [0.2, 0.25) is 0 Å². The van der Waals surface area contributed by atoms with Gasteiger partial charge in [-0.2, -0.15) is 0 Å². The Morgan fingerprint density at radius 1 is 1.54 bits per heavy atom. The minimum absolute atomic E-state index is 0.660. The lowest BCUT2D eigenvalue weighted by Crippen LogP contribution is -1.82. The van der Waals surface area contributed by atoms with Crippen LogP contribution in [0.25, 0.3) is 11.0 Å². The summed E-state index contributed by atoms with van der Waals surface area (Å²) in [4.78, 5) is 11.9. The Labute approximate surface area is 76.2 Å². The van der Waals surface area contributed by atoms with E-state index < -0.39 is 0 Å². The van der Waals surface area contributed by atoms with Gasteiger partial charge in [0, 0.05) is 12.1 Å². The van der Waals surface area contributed by atoms with Crippen LogP contribution in [0.1, 0.15) is 25.1 Å². The fourth-order valence-corrected chi connectivity index (χ4v) is 1.76. The van der Waals surface area contributed by atoms with Crippen molar-refractivity contribution in [1.82, 2.24) is 15.0 Å². The molecule has 2 unspecified atom stereocenters. The van der Waals surface area contributed by atoms with E-state index >= 15 is 0 Å². The van der Waals surface area contributed by atoms with E-state index in [1.807, 2.05) is 12.3 Å². The molecule has 13 heavy (non-hydrogen) atoms. The topological polar surface area (TPSA) is 41.6 Å². The highest BCUT2D eigenvalue weighted by Gasteiger charge is 2.36. The maximum absolute atomic E-state index is 4.53. The molecule has 0 saturated heterocycles. The molecule has 0 spiro atoms. The molecule has 0 amide bonds. The van der Waals surface area contributed by atoms with Gasteiger partial charge in [-0.1, -0.05) is 6.92 Å². The normalized spacial score (nSPS) is 26.5. The van der Waals surface area contributed by atoms with Crippen molar-refractivity contribution < 1.29 is 0 Å². The lowest BCUT2D eigenvalue weighted by molar-refractivity contribution is 0.867. The molecule has 2 atom stereocenters. The van der Waals surface area contributed by atoms with Crippen molar-refractivity contribution in [1.29, 1.82) is 0 Å². The lowest BCUT2D eigenvalue weighted by Gasteiger charge is -1.87. The highest BCUT2D eigenvalue weighted by molar-refractivity contribution is 5.73. The molecule has 1 aliphatic rings. The number of nitrogens with zero attached hydrogens (tertiary/aromatic N) is 2. The van der Waals surface area contributed by atoms with Crippen LogP contribution in [0.15, 0.2) is 18.5 Å². The molecule has 3 nitrogen and oxygen atoms in total. The standard InChI is InChI=1S/C10H11N3/c1-6-4-7(6)10-12-8-2-3-11-5-9(8)13-10/h2-3,5-7H,4H2,1H3,(H,12,13). The van der Waals surface area contributed by atoms with E-state index in [0.29, 0.717) is 5.92 Å². The number of fused-ring (bicyclic) bond motifs is 1. The Bertz CT molecular complexity index is 413. The van der Waals surface area contributed by atoms with E-state index in [4.69, 9.17) is 0 Å². The SMILES string of the molecule is CC1CC1c1nc2ccncc2[nH]1. The molecule has 1 aliphatic carbocycles. The summed E-state index contributed by atoms with van der Waals surface area (Å²) in [5.74, 6) is 2.59. The fourth-order valence-electron chi connectivity index (χ4n) is 1.76. The zero-order valence-electron chi connectivity index (χ0n) is 7.49. The number of imidazole rings is 1. The average Bonchev–Trinajstić information content (AvgIpc) is 2.74. The van der Waals surface area contributed by atoms with Gasteiger partial charge in [0.2, 0.25) is 0 Å². The van der Waals surface area contributed by atoms with Gasteiger partial charge < -0.3 is 4.98 Å². The maximum atomic E-state index is 4.53. The van der Waals surface area contributed by atoms with Gasteiger partial charge in [-0.3, -0.25) is 4.98 Å². The fraction of sp³-hybridized carbons (Fsp3) is 0.400. The third-order valence-corrected chi connectivity index (χ3v) is 2.76. The molecule has 1 fully saturated rings. The second kappa shape index (κ2) is 2.31. The molecule has 2 aromatic heterocycles. The van der Waals surface area contributed by atoms with Crippen molar-refractivity contribution in [2.45, 2.75) is 19.3 Å². The number of pyridine rings is 1. The second-order valence-corrected chi connectivity index (χ2v) is 3.83. The van der Waals surface area contributed by atoms with Crippen LogP contribution >= 0.6 is 0 Å². The molecule has 1 N–H and O–H groups in total.